The minimum Gasteiger partial charge on any atom is -0.497 e. The van der Waals surface area contributed by atoms with E-state index in [2.05, 4.69) is 0 Å². The van der Waals surface area contributed by atoms with Gasteiger partial charge in [-0.15, -0.1) is 0 Å². The number of hydrogen-bond donors (Lipinski definition) is 0. The average molecular weight is 385 g/mol. The van der Waals surface area contributed by atoms with Crippen LogP contribution < -0.4 is 9.48 Å². The smallest absolute Gasteiger partial charge is 0.236 e. The SMILES string of the molecule is COc1ccc(/C=C/C(=O)CCc2cc3ccc(Cl)cc3sc2=O)cc1. The van der Waals surface area contributed by atoms with Crippen LogP contribution in [0.4, 0.5) is 0 Å². The van der Waals surface area contributed by atoms with Crippen LogP contribution in [-0.2, 0) is 11.2 Å². The Hall–Kier alpha value is -2.43. The highest BCUT2D eigenvalue weighted by Crippen LogP contribution is 2.22. The molecule has 5 heteroatoms. The van der Waals surface area contributed by atoms with Gasteiger partial charge in [0.15, 0.2) is 5.78 Å². The fourth-order valence-electron chi connectivity index (χ4n) is 2.55. The highest BCUT2D eigenvalue weighted by Gasteiger charge is 2.06. The van der Waals surface area contributed by atoms with Crippen molar-refractivity contribution in [2.24, 2.45) is 0 Å². The van der Waals surface area contributed by atoms with Crippen LogP contribution in [0, 0.1) is 0 Å². The van der Waals surface area contributed by atoms with E-state index in [1.165, 1.54) is 11.3 Å². The van der Waals surface area contributed by atoms with E-state index in [1.807, 2.05) is 36.4 Å². The first-order valence-electron chi connectivity index (χ1n) is 8.12. The lowest BCUT2D eigenvalue weighted by Gasteiger charge is -2.02. The van der Waals surface area contributed by atoms with Gasteiger partial charge in [-0.25, -0.2) is 0 Å². The van der Waals surface area contributed by atoms with Crippen molar-refractivity contribution in [2.45, 2.75) is 12.8 Å². The summed E-state index contributed by atoms with van der Waals surface area (Å²) in [6.45, 7) is 0. The largest absolute Gasteiger partial charge is 0.497 e. The van der Waals surface area contributed by atoms with Crippen LogP contribution in [-0.4, -0.2) is 12.9 Å². The molecular formula is C21H17ClO3S. The standard InChI is InChI=1S/C21H17ClO3S/c1-25-19-10-3-14(4-11-19)2-8-18(23)9-6-16-12-15-5-7-17(22)13-20(15)26-21(16)24/h2-5,7-8,10-13H,6,9H2,1H3/b8-2+. The summed E-state index contributed by atoms with van der Waals surface area (Å²) in [5.41, 5.74) is 1.59. The number of hydrogen-bond acceptors (Lipinski definition) is 4. The number of benzene rings is 2. The highest BCUT2D eigenvalue weighted by molar-refractivity contribution is 7.16. The predicted octanol–water partition coefficient (Wildman–Crippen LogP) is 5.14. The van der Waals surface area contributed by atoms with E-state index >= 15 is 0 Å². The van der Waals surface area contributed by atoms with Gasteiger partial charge in [0.1, 0.15) is 5.75 Å². The fourth-order valence-corrected chi connectivity index (χ4v) is 3.71. The number of ketones is 1. The number of fused-ring (bicyclic) bond motifs is 1. The molecule has 0 saturated heterocycles. The molecule has 0 aliphatic rings. The van der Waals surface area contributed by atoms with Gasteiger partial charge in [0.25, 0.3) is 0 Å². The fraction of sp³-hybridized carbons (Fsp3) is 0.143. The van der Waals surface area contributed by atoms with Gasteiger partial charge in [-0.2, -0.15) is 0 Å². The summed E-state index contributed by atoms with van der Waals surface area (Å²) < 4.78 is 5.94. The van der Waals surface area contributed by atoms with Crippen LogP contribution in [0.1, 0.15) is 17.5 Å². The molecule has 2 aromatic carbocycles. The second kappa shape index (κ2) is 8.30. The Morgan fingerprint density at radius 1 is 1.15 bits per heavy atom. The van der Waals surface area contributed by atoms with Crippen molar-refractivity contribution < 1.29 is 9.53 Å². The maximum atomic E-state index is 12.2. The minimum absolute atomic E-state index is 0.0126. The van der Waals surface area contributed by atoms with Gasteiger partial charge in [0.05, 0.1) is 7.11 Å². The Kier molecular flexibility index (Phi) is 5.86. The molecule has 0 spiro atoms. The molecule has 0 amide bonds. The van der Waals surface area contributed by atoms with Crippen molar-refractivity contribution in [1.29, 1.82) is 0 Å². The Balaban J connectivity index is 1.66. The van der Waals surface area contributed by atoms with Crippen molar-refractivity contribution in [3.8, 4) is 5.75 Å². The van der Waals surface area contributed by atoms with E-state index < -0.39 is 0 Å². The summed E-state index contributed by atoms with van der Waals surface area (Å²) in [6, 6.07) is 14.8. The summed E-state index contributed by atoms with van der Waals surface area (Å²) in [4.78, 5) is 24.3. The Morgan fingerprint density at radius 2 is 1.92 bits per heavy atom. The zero-order chi connectivity index (χ0) is 18.5. The van der Waals surface area contributed by atoms with E-state index in [0.717, 1.165) is 21.4 Å². The van der Waals surface area contributed by atoms with E-state index in [9.17, 15) is 9.59 Å². The topological polar surface area (TPSA) is 43.4 Å². The number of halogens is 1. The Bertz CT molecular complexity index is 1020. The second-order valence-electron chi connectivity index (χ2n) is 5.81. The molecule has 0 bridgehead atoms. The van der Waals surface area contributed by atoms with Crippen LogP contribution >= 0.6 is 22.9 Å². The Morgan fingerprint density at radius 3 is 2.65 bits per heavy atom. The molecule has 26 heavy (non-hydrogen) atoms. The maximum Gasteiger partial charge on any atom is 0.236 e. The van der Waals surface area contributed by atoms with Gasteiger partial charge < -0.3 is 4.74 Å². The van der Waals surface area contributed by atoms with Crippen molar-refractivity contribution in [3.63, 3.8) is 0 Å². The minimum atomic E-state index is -0.0216. The van der Waals surface area contributed by atoms with E-state index in [1.54, 1.807) is 31.4 Å². The van der Waals surface area contributed by atoms with Gasteiger partial charge in [-0.3, -0.25) is 9.59 Å². The zero-order valence-electron chi connectivity index (χ0n) is 14.2. The lowest BCUT2D eigenvalue weighted by molar-refractivity contribution is -0.114. The van der Waals surface area contributed by atoms with Crippen LogP contribution in [0.15, 0.2) is 59.4 Å². The summed E-state index contributed by atoms with van der Waals surface area (Å²) >= 11 is 7.13. The molecule has 3 rings (SSSR count). The zero-order valence-corrected chi connectivity index (χ0v) is 15.8. The molecule has 0 fully saturated rings. The molecule has 0 radical (unpaired) electrons. The number of carbonyl (C=O) groups is 1. The molecule has 3 aromatic rings. The third kappa shape index (κ3) is 4.59. The van der Waals surface area contributed by atoms with E-state index in [-0.39, 0.29) is 10.5 Å². The first-order chi connectivity index (χ1) is 12.5. The van der Waals surface area contributed by atoms with Crippen LogP contribution in [0.25, 0.3) is 16.2 Å². The first kappa shape index (κ1) is 18.4. The lowest BCUT2D eigenvalue weighted by atomic mass is 10.1. The monoisotopic (exact) mass is 384 g/mol. The van der Waals surface area contributed by atoms with Crippen LogP contribution in [0.2, 0.25) is 5.02 Å². The summed E-state index contributed by atoms with van der Waals surface area (Å²) in [5.74, 6) is 0.761. The molecular weight excluding hydrogens is 368 g/mol. The molecule has 3 nitrogen and oxygen atoms in total. The van der Waals surface area contributed by atoms with Crippen molar-refractivity contribution >= 4 is 44.9 Å². The molecule has 1 heterocycles. The molecule has 0 atom stereocenters. The molecule has 0 aliphatic heterocycles. The number of allylic oxidation sites excluding steroid dienone is 1. The molecule has 0 aliphatic carbocycles. The van der Waals surface area contributed by atoms with Gasteiger partial charge in [-0.1, -0.05) is 47.2 Å². The number of ether oxygens (including phenoxy) is 1. The van der Waals surface area contributed by atoms with E-state index in [0.29, 0.717) is 23.4 Å². The van der Waals surface area contributed by atoms with Gasteiger partial charge in [-0.05, 0) is 53.8 Å². The average Bonchev–Trinajstić information content (AvgIpc) is 2.65. The number of methoxy groups -OCH3 is 1. The van der Waals surface area contributed by atoms with Gasteiger partial charge >= 0.3 is 0 Å². The van der Waals surface area contributed by atoms with Crippen molar-refractivity contribution in [1.82, 2.24) is 0 Å². The predicted molar refractivity (Wildman–Crippen MR) is 108 cm³/mol. The molecule has 132 valence electrons. The summed E-state index contributed by atoms with van der Waals surface area (Å²) in [5, 5.41) is 1.58. The number of carbonyl (C=O) groups excluding carboxylic acids is 1. The summed E-state index contributed by atoms with van der Waals surface area (Å²) in [6.07, 6.45) is 4.05. The molecule has 0 saturated carbocycles. The molecule has 0 N–H and O–H groups in total. The van der Waals surface area contributed by atoms with Gasteiger partial charge in [0, 0.05) is 21.7 Å². The first-order valence-corrected chi connectivity index (χ1v) is 9.32. The number of rotatable bonds is 6. The van der Waals surface area contributed by atoms with E-state index in [4.69, 9.17) is 16.3 Å². The van der Waals surface area contributed by atoms with Crippen molar-refractivity contribution in [3.05, 3.63) is 80.3 Å². The van der Waals surface area contributed by atoms with Gasteiger partial charge in [0.2, 0.25) is 4.74 Å². The third-order valence-corrected chi connectivity index (χ3v) is 5.24. The summed E-state index contributed by atoms with van der Waals surface area (Å²) in [7, 11) is 1.61. The number of aryl methyl sites for hydroxylation is 1. The van der Waals surface area contributed by atoms with Crippen molar-refractivity contribution in [2.75, 3.05) is 7.11 Å². The molecule has 1 aromatic heterocycles. The maximum absolute atomic E-state index is 12.2. The second-order valence-corrected chi connectivity index (χ2v) is 7.27. The van der Waals surface area contributed by atoms with Crippen LogP contribution in [0.3, 0.4) is 0 Å². The van der Waals surface area contributed by atoms with Crippen LogP contribution in [0.5, 0.6) is 5.75 Å². The highest BCUT2D eigenvalue weighted by atomic mass is 35.5. The lowest BCUT2D eigenvalue weighted by Crippen LogP contribution is -2.06. The Labute approximate surface area is 160 Å². The third-order valence-electron chi connectivity index (χ3n) is 3.99. The molecule has 0 unspecified atom stereocenters. The normalized spacial score (nSPS) is 11.2. The quantitative estimate of drug-likeness (QED) is 0.553.